The molecule has 2 aromatic heterocycles. The predicted molar refractivity (Wildman–Crippen MR) is 80.0 cm³/mol. The lowest BCUT2D eigenvalue weighted by molar-refractivity contribution is -0.108. The number of methoxy groups -OCH3 is 1. The van der Waals surface area contributed by atoms with E-state index < -0.39 is 30.1 Å². The molecule has 10 nitrogen and oxygen atoms in total. The SMILES string of the molecule is COC(=O)OC[C@@]1(C)O[C@@H](c2ccc3c(N)ncnn23)[C@H](O)[C@@H]1O. The van der Waals surface area contributed by atoms with Crippen molar-refractivity contribution in [2.45, 2.75) is 30.8 Å². The first-order valence-corrected chi connectivity index (χ1v) is 7.20. The van der Waals surface area contributed by atoms with Gasteiger partial charge in [0.05, 0.1) is 12.8 Å². The van der Waals surface area contributed by atoms with E-state index in [1.807, 2.05) is 0 Å². The van der Waals surface area contributed by atoms with Crippen molar-refractivity contribution in [1.82, 2.24) is 14.6 Å². The van der Waals surface area contributed by atoms with Crippen LogP contribution in [0.3, 0.4) is 0 Å². The summed E-state index contributed by atoms with van der Waals surface area (Å²) in [5.74, 6) is 0.279. The van der Waals surface area contributed by atoms with Gasteiger partial charge in [0.1, 0.15) is 42.4 Å². The molecule has 4 atom stereocenters. The van der Waals surface area contributed by atoms with Crippen molar-refractivity contribution in [3.63, 3.8) is 0 Å². The topological polar surface area (TPSA) is 141 Å². The lowest BCUT2D eigenvalue weighted by atomic mass is 9.97. The lowest BCUT2D eigenvalue weighted by Gasteiger charge is -2.26. The number of ether oxygens (including phenoxy) is 3. The van der Waals surface area contributed by atoms with Gasteiger partial charge in [-0.3, -0.25) is 0 Å². The first-order chi connectivity index (χ1) is 11.4. The van der Waals surface area contributed by atoms with E-state index in [0.29, 0.717) is 11.2 Å². The molecule has 0 amide bonds. The summed E-state index contributed by atoms with van der Waals surface area (Å²) in [6.07, 6.45) is -3.03. The van der Waals surface area contributed by atoms with Crippen LogP contribution < -0.4 is 5.73 Å². The molecule has 0 bridgehead atoms. The van der Waals surface area contributed by atoms with Gasteiger partial charge in [-0.2, -0.15) is 5.10 Å². The van der Waals surface area contributed by atoms with E-state index >= 15 is 0 Å². The molecule has 2 aromatic rings. The van der Waals surface area contributed by atoms with Crippen molar-refractivity contribution >= 4 is 17.5 Å². The second-order valence-corrected chi connectivity index (χ2v) is 5.73. The van der Waals surface area contributed by atoms with Gasteiger partial charge in [-0.1, -0.05) is 0 Å². The van der Waals surface area contributed by atoms with E-state index in [4.69, 9.17) is 15.2 Å². The number of carbonyl (C=O) groups excluding carboxylic acids is 1. The van der Waals surface area contributed by atoms with Crippen molar-refractivity contribution in [2.75, 3.05) is 19.5 Å². The number of nitrogen functional groups attached to an aromatic ring is 1. The summed E-state index contributed by atoms with van der Waals surface area (Å²) in [6.45, 7) is 1.25. The quantitative estimate of drug-likeness (QED) is 0.640. The Morgan fingerprint density at radius 1 is 1.50 bits per heavy atom. The second-order valence-electron chi connectivity index (χ2n) is 5.73. The van der Waals surface area contributed by atoms with Gasteiger partial charge >= 0.3 is 6.16 Å². The van der Waals surface area contributed by atoms with Crippen LogP contribution in [0.2, 0.25) is 0 Å². The maximum atomic E-state index is 11.1. The number of anilines is 1. The summed E-state index contributed by atoms with van der Waals surface area (Å²) in [5.41, 5.74) is 5.53. The third-order valence-electron chi connectivity index (χ3n) is 4.10. The number of hydrogen-bond acceptors (Lipinski definition) is 9. The van der Waals surface area contributed by atoms with Gasteiger partial charge in [-0.15, -0.1) is 0 Å². The molecular weight excluding hydrogens is 320 g/mol. The van der Waals surface area contributed by atoms with Crippen LogP contribution in [-0.4, -0.2) is 62.5 Å². The molecule has 0 aliphatic carbocycles. The smallest absolute Gasteiger partial charge is 0.438 e. The third-order valence-corrected chi connectivity index (χ3v) is 4.10. The molecule has 1 aliphatic rings. The number of hydrogen-bond donors (Lipinski definition) is 3. The number of rotatable bonds is 3. The summed E-state index contributed by atoms with van der Waals surface area (Å²) in [7, 11) is 1.17. The zero-order valence-corrected chi connectivity index (χ0v) is 13.1. The van der Waals surface area contributed by atoms with Crippen molar-refractivity contribution in [2.24, 2.45) is 0 Å². The standard InChI is InChI=1S/C14H18N4O6/c1-14(5-23-13(21)22-2)11(20)9(19)10(24-14)7-3-4-8-12(15)16-6-17-18(7)8/h3-4,6,9-11,19-20H,5H2,1-2H3,(H2,15,16,17)/t9-,10-,11-,14+/m0/s1. The van der Waals surface area contributed by atoms with Crippen molar-refractivity contribution < 1.29 is 29.2 Å². The van der Waals surface area contributed by atoms with Crippen molar-refractivity contribution in [3.8, 4) is 0 Å². The predicted octanol–water partition coefficient (Wildman–Crippen LogP) is -0.354. The summed E-state index contributed by atoms with van der Waals surface area (Å²) in [6, 6.07) is 3.36. The van der Waals surface area contributed by atoms with E-state index in [1.54, 1.807) is 12.1 Å². The third kappa shape index (κ3) is 2.54. The Balaban J connectivity index is 1.89. The molecule has 3 heterocycles. The van der Waals surface area contributed by atoms with E-state index in [-0.39, 0.29) is 12.4 Å². The number of carbonyl (C=O) groups is 1. The molecular formula is C14H18N4O6. The molecule has 1 fully saturated rings. The average molecular weight is 338 g/mol. The summed E-state index contributed by atoms with van der Waals surface area (Å²) in [4.78, 5) is 15.0. The first kappa shape index (κ1) is 16.4. The molecule has 3 rings (SSSR count). The summed E-state index contributed by atoms with van der Waals surface area (Å²) in [5, 5.41) is 24.8. The molecule has 1 aliphatic heterocycles. The minimum Gasteiger partial charge on any atom is -0.438 e. The molecule has 0 radical (unpaired) electrons. The highest BCUT2D eigenvalue weighted by atomic mass is 16.7. The Morgan fingerprint density at radius 2 is 2.25 bits per heavy atom. The average Bonchev–Trinajstić information content (AvgIpc) is 3.09. The number of fused-ring (bicyclic) bond motifs is 1. The number of nitrogens with zero attached hydrogens (tertiary/aromatic N) is 3. The van der Waals surface area contributed by atoms with Crippen LogP contribution in [0.4, 0.5) is 10.6 Å². The molecule has 0 saturated carbocycles. The van der Waals surface area contributed by atoms with Crippen LogP contribution in [0.15, 0.2) is 18.5 Å². The van der Waals surface area contributed by atoms with Crippen LogP contribution in [0.1, 0.15) is 18.7 Å². The zero-order chi connectivity index (χ0) is 17.5. The summed E-state index contributed by atoms with van der Waals surface area (Å²) < 4.78 is 16.5. The highest BCUT2D eigenvalue weighted by molar-refractivity contribution is 5.65. The Hall–Kier alpha value is -2.43. The molecule has 10 heteroatoms. The lowest BCUT2D eigenvalue weighted by Crippen LogP contribution is -2.44. The maximum Gasteiger partial charge on any atom is 0.508 e. The minimum absolute atomic E-state index is 0.279. The fraction of sp³-hybridized carbons (Fsp3) is 0.500. The Kier molecular flexibility index (Phi) is 4.03. The number of aromatic nitrogens is 3. The maximum absolute atomic E-state index is 11.1. The van der Waals surface area contributed by atoms with Crippen molar-refractivity contribution in [1.29, 1.82) is 0 Å². The van der Waals surface area contributed by atoms with Gasteiger partial charge in [0, 0.05) is 0 Å². The minimum atomic E-state index is -1.30. The molecule has 24 heavy (non-hydrogen) atoms. The Bertz CT molecular complexity index is 765. The second kappa shape index (κ2) is 5.89. The van der Waals surface area contributed by atoms with Gasteiger partial charge in [-0.25, -0.2) is 14.3 Å². The monoisotopic (exact) mass is 338 g/mol. The van der Waals surface area contributed by atoms with E-state index in [1.165, 1.54) is 24.9 Å². The summed E-state index contributed by atoms with van der Waals surface area (Å²) >= 11 is 0. The normalized spacial score (nSPS) is 29.8. The number of aliphatic hydroxyl groups is 2. The Morgan fingerprint density at radius 3 is 2.96 bits per heavy atom. The highest BCUT2D eigenvalue weighted by Crippen LogP contribution is 2.40. The molecule has 1 saturated heterocycles. The molecule has 0 spiro atoms. The van der Waals surface area contributed by atoms with E-state index in [0.717, 1.165) is 0 Å². The van der Waals surface area contributed by atoms with Crippen molar-refractivity contribution in [3.05, 3.63) is 24.2 Å². The first-order valence-electron chi connectivity index (χ1n) is 7.20. The van der Waals surface area contributed by atoms with Crippen LogP contribution >= 0.6 is 0 Å². The molecule has 4 N–H and O–H groups in total. The van der Waals surface area contributed by atoms with Gasteiger partial charge in [0.2, 0.25) is 0 Å². The van der Waals surface area contributed by atoms with Crippen LogP contribution in [0, 0.1) is 0 Å². The highest BCUT2D eigenvalue weighted by Gasteiger charge is 2.53. The fourth-order valence-corrected chi connectivity index (χ4v) is 2.76. The van der Waals surface area contributed by atoms with Crippen LogP contribution in [0.25, 0.3) is 5.52 Å². The van der Waals surface area contributed by atoms with E-state index in [2.05, 4.69) is 14.8 Å². The molecule has 130 valence electrons. The van der Waals surface area contributed by atoms with Gasteiger partial charge in [-0.05, 0) is 19.1 Å². The fourth-order valence-electron chi connectivity index (χ4n) is 2.76. The van der Waals surface area contributed by atoms with E-state index in [9.17, 15) is 15.0 Å². The largest absolute Gasteiger partial charge is 0.508 e. The van der Waals surface area contributed by atoms with Crippen LogP contribution in [-0.2, 0) is 14.2 Å². The number of aliphatic hydroxyl groups excluding tert-OH is 2. The Labute approximate surface area is 136 Å². The van der Waals surface area contributed by atoms with Gasteiger partial charge in [0.25, 0.3) is 0 Å². The van der Waals surface area contributed by atoms with Gasteiger partial charge in [0.15, 0.2) is 5.82 Å². The van der Waals surface area contributed by atoms with Gasteiger partial charge < -0.3 is 30.2 Å². The molecule has 0 aromatic carbocycles. The molecule has 0 unspecified atom stereocenters. The van der Waals surface area contributed by atoms with Crippen LogP contribution in [0.5, 0.6) is 0 Å². The zero-order valence-electron chi connectivity index (χ0n) is 13.1. The number of nitrogens with two attached hydrogens (primary N) is 1.